The normalized spacial score (nSPS) is 19.4. The van der Waals surface area contributed by atoms with Gasteiger partial charge in [0.15, 0.2) is 17.7 Å². The van der Waals surface area contributed by atoms with Crippen LogP contribution in [0.4, 0.5) is 0 Å². The molecule has 1 aromatic heterocycles. The third kappa shape index (κ3) is 4.20. The van der Waals surface area contributed by atoms with E-state index in [0.29, 0.717) is 17.0 Å². The summed E-state index contributed by atoms with van der Waals surface area (Å²) in [6, 6.07) is 5.04. The first-order chi connectivity index (χ1) is 18.2. The molecule has 1 unspecified atom stereocenters. The van der Waals surface area contributed by atoms with E-state index in [-0.39, 0.29) is 42.0 Å². The number of hydrogen-bond donors (Lipinski definition) is 1. The van der Waals surface area contributed by atoms with E-state index < -0.39 is 48.9 Å². The molecule has 30 heavy (non-hydrogen) atoms. The molecule has 0 radical (unpaired) electrons. The van der Waals surface area contributed by atoms with Gasteiger partial charge in [0.05, 0.1) is 19.1 Å². The van der Waals surface area contributed by atoms with Crippen LogP contribution < -0.4 is 0 Å². The summed E-state index contributed by atoms with van der Waals surface area (Å²) in [5.74, 6) is -0.248. The van der Waals surface area contributed by atoms with Gasteiger partial charge in [0, 0.05) is 24.0 Å². The molecule has 3 aromatic rings. The molecule has 6 nitrogen and oxygen atoms in total. The van der Waals surface area contributed by atoms with Gasteiger partial charge in [-0.1, -0.05) is 73.4 Å². The van der Waals surface area contributed by atoms with E-state index in [9.17, 15) is 5.11 Å². The number of aliphatic hydroxyl groups excluding tert-OH is 1. The number of hydrogen-bond acceptors (Lipinski definition) is 5. The van der Waals surface area contributed by atoms with Gasteiger partial charge < -0.3 is 9.67 Å². The number of rotatable bonds is 8. The van der Waals surface area contributed by atoms with Gasteiger partial charge in [0.1, 0.15) is 5.82 Å². The van der Waals surface area contributed by atoms with Crippen LogP contribution in [0.2, 0.25) is 5.15 Å². The van der Waals surface area contributed by atoms with Crippen LogP contribution in [0.1, 0.15) is 54.7 Å². The lowest BCUT2D eigenvalue weighted by Crippen LogP contribution is -2.09. The monoisotopic (exact) mass is 430 g/mol. The molecule has 0 saturated carbocycles. The number of benzene rings is 2. The van der Waals surface area contributed by atoms with Crippen LogP contribution in [0.25, 0.3) is 11.1 Å². The maximum atomic E-state index is 10.1. The molecule has 0 saturated heterocycles. The molecule has 0 spiro atoms. The number of aromatic nitrogens is 2. The summed E-state index contributed by atoms with van der Waals surface area (Å²) in [4.78, 5) is 8.12. The molecule has 1 aliphatic heterocycles. The molecule has 2 heterocycles. The molecule has 1 N–H and O–H groups in total. The van der Waals surface area contributed by atoms with Gasteiger partial charge >= 0.3 is 0 Å². The van der Waals surface area contributed by atoms with Crippen molar-refractivity contribution >= 4 is 17.4 Å². The van der Waals surface area contributed by atoms with Crippen molar-refractivity contribution in [1.29, 1.82) is 0 Å². The number of aliphatic hydroxyl groups is 1. The highest BCUT2D eigenvalue weighted by atomic mass is 35.5. The lowest BCUT2D eigenvalue weighted by atomic mass is 9.98. The van der Waals surface area contributed by atoms with Gasteiger partial charge in [-0.2, -0.15) is 5.11 Å². The molecule has 7 heteroatoms. The lowest BCUT2D eigenvalue weighted by Gasteiger charge is -2.12. The maximum absolute atomic E-state index is 10.1. The molecule has 0 fully saturated rings. The highest BCUT2D eigenvalue weighted by molar-refractivity contribution is 6.30. The van der Waals surface area contributed by atoms with E-state index in [0.717, 1.165) is 4.57 Å². The van der Waals surface area contributed by atoms with Crippen LogP contribution in [-0.4, -0.2) is 27.2 Å². The summed E-state index contributed by atoms with van der Waals surface area (Å²) in [5, 5.41) is 17.5. The van der Waals surface area contributed by atoms with Crippen molar-refractivity contribution in [2.45, 2.75) is 39.2 Å². The van der Waals surface area contributed by atoms with Crippen molar-refractivity contribution in [3.8, 4) is 11.1 Å². The first-order valence-electron chi connectivity index (χ1n) is 13.8. The molecule has 0 amide bonds. The second kappa shape index (κ2) is 9.32. The zero-order chi connectivity index (χ0) is 28.9. The highest BCUT2D eigenvalue weighted by Crippen LogP contribution is 2.27. The van der Waals surface area contributed by atoms with E-state index in [2.05, 4.69) is 20.2 Å². The third-order valence-electron chi connectivity index (χ3n) is 4.34. The first-order valence-corrected chi connectivity index (χ1v) is 9.60. The second-order valence-corrected chi connectivity index (χ2v) is 6.60. The average Bonchev–Trinajstić information content (AvgIpc) is 3.54. The van der Waals surface area contributed by atoms with Crippen molar-refractivity contribution in [1.82, 2.24) is 9.55 Å². The zero-order valence-corrected chi connectivity index (χ0v) is 16.8. The van der Waals surface area contributed by atoms with Crippen LogP contribution in [-0.2, 0) is 19.5 Å². The third-order valence-corrected chi connectivity index (χ3v) is 4.62. The Morgan fingerprint density at radius 1 is 1.20 bits per heavy atom. The number of nitrogens with zero attached hydrogens (tertiary/aromatic N) is 5. The van der Waals surface area contributed by atoms with Crippen LogP contribution in [0, 0.1) is 0 Å². The van der Waals surface area contributed by atoms with Crippen LogP contribution in [0.3, 0.4) is 0 Å². The largest absolute Gasteiger partial charge is 0.390 e. The van der Waals surface area contributed by atoms with E-state index in [1.54, 1.807) is 24.3 Å². The molecule has 1 aliphatic rings. The Bertz CT molecular complexity index is 1470. The van der Waals surface area contributed by atoms with Gasteiger partial charge in [-0.15, -0.1) is 5.11 Å². The van der Waals surface area contributed by atoms with E-state index >= 15 is 0 Å². The van der Waals surface area contributed by atoms with Crippen molar-refractivity contribution in [3.05, 3.63) is 76.2 Å². The Morgan fingerprint density at radius 3 is 2.63 bits per heavy atom. The fraction of sp³-hybridized carbons (Fsp3) is 0.304. The van der Waals surface area contributed by atoms with Crippen LogP contribution in [0.5, 0.6) is 0 Å². The molecular weight excluding hydrogens is 398 g/mol. The van der Waals surface area contributed by atoms with Gasteiger partial charge in [-0.3, -0.25) is 0 Å². The van der Waals surface area contributed by atoms with Crippen molar-refractivity contribution in [2.24, 2.45) is 15.2 Å². The summed E-state index contributed by atoms with van der Waals surface area (Å²) in [6.45, 7) is -0.965. The van der Waals surface area contributed by atoms with Crippen molar-refractivity contribution in [3.63, 3.8) is 0 Å². The first kappa shape index (κ1) is 12.1. The quantitative estimate of drug-likeness (QED) is 0.529. The van der Waals surface area contributed by atoms with Crippen LogP contribution in [0.15, 0.2) is 63.7 Å². The standard InChI is InChI=1S/C23H24ClN5O/c1-2-3-8-21-27-22(24)20(14-30)29(21)13-16-9-11-17(12-10-16)18-6-4-5-7-19(18)23-25-15-26-28-23/h4-7,9-12,30H,2-3,8,13-15H2,1H3/i3D2,8D2,9D,10D,11D,12D,14D. The van der Waals surface area contributed by atoms with Crippen molar-refractivity contribution in [2.75, 3.05) is 6.67 Å². The maximum Gasteiger partial charge on any atom is 0.179 e. The molecule has 4 rings (SSSR count). The molecule has 1 atom stereocenters. The van der Waals surface area contributed by atoms with Gasteiger partial charge in [0.2, 0.25) is 0 Å². The second-order valence-electron chi connectivity index (χ2n) is 6.25. The Morgan fingerprint density at radius 2 is 1.97 bits per heavy atom. The fourth-order valence-electron chi connectivity index (χ4n) is 2.96. The Kier molecular flexibility index (Phi) is 3.77. The number of halogens is 1. The summed E-state index contributed by atoms with van der Waals surface area (Å²) < 4.78 is 77.0. The number of amidine groups is 1. The summed E-state index contributed by atoms with van der Waals surface area (Å²) in [5.41, 5.74) is 0.288. The van der Waals surface area contributed by atoms with E-state index in [1.807, 2.05) is 0 Å². The predicted octanol–water partition coefficient (Wildman–Crippen LogP) is 5.26. The van der Waals surface area contributed by atoms with Crippen LogP contribution >= 0.6 is 11.6 Å². The molecular formula is C23H24ClN5O. The minimum absolute atomic E-state index is 0.00330. The molecule has 0 bridgehead atoms. The zero-order valence-electron chi connectivity index (χ0n) is 25.1. The number of aryl methyl sites for hydroxylation is 1. The van der Waals surface area contributed by atoms with Gasteiger partial charge in [-0.05, 0) is 23.1 Å². The number of imidazole rings is 1. The number of azo groups is 1. The number of aliphatic imine (C=N–C) groups is 1. The summed E-state index contributed by atoms with van der Waals surface area (Å²) in [7, 11) is 0. The Balaban J connectivity index is 1.93. The average molecular weight is 431 g/mol. The highest BCUT2D eigenvalue weighted by Gasteiger charge is 2.16. The minimum Gasteiger partial charge on any atom is -0.390 e. The van der Waals surface area contributed by atoms with E-state index in [1.165, 1.54) is 6.92 Å². The lowest BCUT2D eigenvalue weighted by molar-refractivity contribution is 0.271. The summed E-state index contributed by atoms with van der Waals surface area (Å²) >= 11 is 6.14. The summed E-state index contributed by atoms with van der Waals surface area (Å²) in [6.07, 6.45) is -5.40. The van der Waals surface area contributed by atoms with Crippen molar-refractivity contribution < 1.29 is 17.4 Å². The molecule has 2 aromatic carbocycles. The predicted molar refractivity (Wildman–Crippen MR) is 119 cm³/mol. The SMILES string of the molecule is [2H]c1c([2H])c(-c2ccccc2C2=NCN=N2)c([2H])c([2H])c1Cn1c(C([2H])([2H])C([2H])([2H])CC)nc(Cl)c1C([2H])O. The topological polar surface area (TPSA) is 75.1 Å². The minimum atomic E-state index is -2.74. The van der Waals surface area contributed by atoms with E-state index in [4.69, 9.17) is 23.9 Å². The smallest absolute Gasteiger partial charge is 0.179 e. The fourth-order valence-corrected chi connectivity index (χ4v) is 3.19. The van der Waals surface area contributed by atoms with Gasteiger partial charge in [0.25, 0.3) is 0 Å². The molecule has 0 aliphatic carbocycles. The van der Waals surface area contributed by atoms with Gasteiger partial charge in [-0.25, -0.2) is 9.98 Å². The Hall–Kier alpha value is -2.83. The molecule has 154 valence electrons. The Labute approximate surface area is 193 Å².